The molecule has 0 spiro atoms. The predicted molar refractivity (Wildman–Crippen MR) is 75.8 cm³/mol. The van der Waals surface area contributed by atoms with E-state index in [1.807, 2.05) is 0 Å². The van der Waals surface area contributed by atoms with Crippen molar-refractivity contribution in [1.29, 1.82) is 0 Å². The summed E-state index contributed by atoms with van der Waals surface area (Å²) in [6.07, 6.45) is -3.73. The van der Waals surface area contributed by atoms with Crippen molar-refractivity contribution < 1.29 is 22.7 Å². The summed E-state index contributed by atoms with van der Waals surface area (Å²) >= 11 is 0.624. The Morgan fingerprint density at radius 3 is 2.95 bits per heavy atom. The van der Waals surface area contributed by atoms with E-state index in [-0.39, 0.29) is 12.6 Å². The molecular formula is C12H17F3N4O2S. The van der Waals surface area contributed by atoms with Crippen molar-refractivity contribution in [3.8, 4) is 0 Å². The summed E-state index contributed by atoms with van der Waals surface area (Å²) in [5.41, 5.74) is 5.11. The van der Waals surface area contributed by atoms with E-state index in [1.165, 1.54) is 0 Å². The largest absolute Gasteiger partial charge is 0.427 e. The summed E-state index contributed by atoms with van der Waals surface area (Å²) in [5.74, 6) is -0.440. The Labute approximate surface area is 129 Å². The molecule has 0 radical (unpaired) electrons. The standard InChI is InChI=1S/C12H17F3N4O2S/c1-18(7-10(16)20)5-8-6-19(2-3-21-8)11-17-4-9(22-11)12(13,14)15/h4,8H,2-3,5-7H2,1H3,(H2,16,20)/t8-/m1/s1. The summed E-state index contributed by atoms with van der Waals surface area (Å²) < 4.78 is 43.4. The number of nitrogens with zero attached hydrogens (tertiary/aromatic N) is 3. The van der Waals surface area contributed by atoms with Gasteiger partial charge in [-0.1, -0.05) is 11.3 Å². The third kappa shape index (κ3) is 4.55. The third-order valence-corrected chi connectivity index (χ3v) is 4.23. The minimum Gasteiger partial charge on any atom is -0.373 e. The second kappa shape index (κ2) is 6.80. The lowest BCUT2D eigenvalue weighted by Gasteiger charge is -2.34. The molecule has 2 N–H and O–H groups in total. The Morgan fingerprint density at radius 2 is 2.36 bits per heavy atom. The molecule has 1 aliphatic heterocycles. The van der Waals surface area contributed by atoms with Gasteiger partial charge in [0.05, 0.1) is 25.5 Å². The molecule has 10 heteroatoms. The van der Waals surface area contributed by atoms with Gasteiger partial charge in [-0.15, -0.1) is 0 Å². The normalized spacial score (nSPS) is 19.7. The van der Waals surface area contributed by atoms with Gasteiger partial charge in [-0.25, -0.2) is 4.98 Å². The van der Waals surface area contributed by atoms with Crippen LogP contribution in [0, 0.1) is 0 Å². The number of morpholine rings is 1. The minimum absolute atomic E-state index is 0.106. The number of likely N-dealkylation sites (N-methyl/N-ethyl adjacent to an activating group) is 1. The summed E-state index contributed by atoms with van der Waals surface area (Å²) in [7, 11) is 1.73. The van der Waals surface area contributed by atoms with E-state index in [1.54, 1.807) is 16.8 Å². The number of hydrogen-bond acceptors (Lipinski definition) is 6. The Morgan fingerprint density at radius 1 is 1.64 bits per heavy atom. The third-order valence-electron chi connectivity index (χ3n) is 3.12. The van der Waals surface area contributed by atoms with Gasteiger partial charge in [0.15, 0.2) is 5.13 Å². The molecule has 1 amide bonds. The van der Waals surface area contributed by atoms with Crippen LogP contribution in [0.3, 0.4) is 0 Å². The number of nitrogens with two attached hydrogens (primary N) is 1. The fourth-order valence-electron chi connectivity index (χ4n) is 2.22. The summed E-state index contributed by atoms with van der Waals surface area (Å²) in [6, 6.07) is 0. The van der Waals surface area contributed by atoms with Gasteiger partial charge in [-0.2, -0.15) is 13.2 Å². The van der Waals surface area contributed by atoms with E-state index < -0.39 is 17.0 Å². The van der Waals surface area contributed by atoms with Gasteiger partial charge < -0.3 is 15.4 Å². The van der Waals surface area contributed by atoms with Crippen molar-refractivity contribution in [2.75, 3.05) is 44.7 Å². The highest BCUT2D eigenvalue weighted by Gasteiger charge is 2.34. The van der Waals surface area contributed by atoms with Crippen LogP contribution in [-0.4, -0.2) is 61.7 Å². The number of anilines is 1. The maximum Gasteiger partial charge on any atom is 0.427 e. The second-order valence-electron chi connectivity index (χ2n) is 5.11. The lowest BCUT2D eigenvalue weighted by atomic mass is 10.2. The molecule has 0 unspecified atom stereocenters. The van der Waals surface area contributed by atoms with Crippen molar-refractivity contribution in [1.82, 2.24) is 9.88 Å². The van der Waals surface area contributed by atoms with Gasteiger partial charge in [0, 0.05) is 19.6 Å². The van der Waals surface area contributed by atoms with Crippen LogP contribution in [0.5, 0.6) is 0 Å². The van der Waals surface area contributed by atoms with Crippen LogP contribution in [0.4, 0.5) is 18.3 Å². The molecular weight excluding hydrogens is 321 g/mol. The molecule has 0 saturated carbocycles. The van der Waals surface area contributed by atoms with Crippen molar-refractivity contribution >= 4 is 22.4 Å². The lowest BCUT2D eigenvalue weighted by molar-refractivity contribution is -0.134. The molecule has 124 valence electrons. The zero-order chi connectivity index (χ0) is 16.3. The molecule has 1 aromatic rings. The maximum absolute atomic E-state index is 12.6. The second-order valence-corrected chi connectivity index (χ2v) is 6.12. The Kier molecular flexibility index (Phi) is 5.24. The van der Waals surface area contributed by atoms with Gasteiger partial charge in [-0.3, -0.25) is 9.69 Å². The zero-order valence-corrected chi connectivity index (χ0v) is 12.8. The van der Waals surface area contributed by atoms with Crippen LogP contribution in [0.25, 0.3) is 0 Å². The van der Waals surface area contributed by atoms with E-state index in [0.717, 1.165) is 6.20 Å². The number of carbonyl (C=O) groups excluding carboxylic acids is 1. The smallest absolute Gasteiger partial charge is 0.373 e. The average molecular weight is 338 g/mol. The first kappa shape index (κ1) is 17.0. The fraction of sp³-hybridized carbons (Fsp3) is 0.667. The van der Waals surface area contributed by atoms with Crippen molar-refractivity contribution in [2.24, 2.45) is 5.73 Å². The molecule has 1 saturated heterocycles. The molecule has 1 aliphatic rings. The molecule has 0 aromatic carbocycles. The SMILES string of the molecule is CN(CC(N)=O)C[C@@H]1CN(c2ncc(C(F)(F)F)s2)CCO1. The van der Waals surface area contributed by atoms with Crippen LogP contribution in [0.1, 0.15) is 4.88 Å². The first-order valence-electron chi connectivity index (χ1n) is 6.62. The number of hydrogen-bond donors (Lipinski definition) is 1. The van der Waals surface area contributed by atoms with Crippen molar-refractivity contribution in [3.05, 3.63) is 11.1 Å². The van der Waals surface area contributed by atoms with Crippen LogP contribution in [0.15, 0.2) is 6.20 Å². The maximum atomic E-state index is 12.6. The van der Waals surface area contributed by atoms with Gasteiger partial charge in [0.25, 0.3) is 0 Å². The Balaban J connectivity index is 1.95. The summed E-state index contributed by atoms with van der Waals surface area (Å²) in [5, 5.41) is 0.332. The molecule has 1 fully saturated rings. The molecule has 22 heavy (non-hydrogen) atoms. The summed E-state index contributed by atoms with van der Waals surface area (Å²) in [6.45, 7) is 1.89. The van der Waals surface area contributed by atoms with Crippen LogP contribution < -0.4 is 10.6 Å². The molecule has 2 rings (SSSR count). The quantitative estimate of drug-likeness (QED) is 0.859. The van der Waals surface area contributed by atoms with Crippen LogP contribution in [0.2, 0.25) is 0 Å². The number of primary amides is 1. The molecule has 1 aromatic heterocycles. The highest BCUT2D eigenvalue weighted by atomic mass is 32.1. The zero-order valence-electron chi connectivity index (χ0n) is 12.0. The first-order valence-corrected chi connectivity index (χ1v) is 7.44. The number of ether oxygens (including phenoxy) is 1. The number of amides is 1. The highest BCUT2D eigenvalue weighted by Crippen LogP contribution is 2.36. The van der Waals surface area contributed by atoms with E-state index in [9.17, 15) is 18.0 Å². The highest BCUT2D eigenvalue weighted by molar-refractivity contribution is 7.15. The van der Waals surface area contributed by atoms with E-state index >= 15 is 0 Å². The monoisotopic (exact) mass is 338 g/mol. The van der Waals surface area contributed by atoms with E-state index in [2.05, 4.69) is 4.98 Å². The molecule has 0 bridgehead atoms. The van der Waals surface area contributed by atoms with E-state index in [4.69, 9.17) is 10.5 Å². The topological polar surface area (TPSA) is 71.7 Å². The number of carbonyl (C=O) groups is 1. The predicted octanol–water partition coefficient (Wildman–Crippen LogP) is 0.784. The molecule has 0 aliphatic carbocycles. The average Bonchev–Trinajstić information content (AvgIpc) is 2.87. The number of aromatic nitrogens is 1. The van der Waals surface area contributed by atoms with Crippen LogP contribution >= 0.6 is 11.3 Å². The Hall–Kier alpha value is -1.39. The van der Waals surface area contributed by atoms with Crippen molar-refractivity contribution in [3.63, 3.8) is 0 Å². The lowest BCUT2D eigenvalue weighted by Crippen LogP contribution is -2.48. The van der Waals surface area contributed by atoms with Crippen molar-refractivity contribution in [2.45, 2.75) is 12.3 Å². The van der Waals surface area contributed by atoms with Gasteiger partial charge in [-0.05, 0) is 7.05 Å². The van der Waals surface area contributed by atoms with Gasteiger partial charge in [0.1, 0.15) is 4.88 Å². The number of alkyl halides is 3. The first-order chi connectivity index (χ1) is 10.3. The van der Waals surface area contributed by atoms with Crippen LogP contribution in [-0.2, 0) is 15.7 Å². The fourth-order valence-corrected chi connectivity index (χ4v) is 3.04. The summed E-state index contributed by atoms with van der Waals surface area (Å²) in [4.78, 5) is 17.5. The number of rotatable bonds is 5. The Bertz CT molecular complexity index is 523. The minimum atomic E-state index is -4.37. The number of halogens is 3. The van der Waals surface area contributed by atoms with Gasteiger partial charge in [0.2, 0.25) is 5.91 Å². The molecule has 1 atom stereocenters. The number of thiazole rings is 1. The molecule has 2 heterocycles. The molecule has 6 nitrogen and oxygen atoms in total. The van der Waals surface area contributed by atoms with E-state index in [0.29, 0.717) is 42.7 Å². The van der Waals surface area contributed by atoms with Gasteiger partial charge >= 0.3 is 6.18 Å².